The predicted octanol–water partition coefficient (Wildman–Crippen LogP) is -12.3. The summed E-state index contributed by atoms with van der Waals surface area (Å²) in [6, 6.07) is 4.07. The van der Waals surface area contributed by atoms with Gasteiger partial charge in [-0.3, -0.25) is 14.4 Å². The Morgan fingerprint density at radius 2 is 1.08 bits per heavy atom. The Morgan fingerprint density at radius 3 is 1.48 bits per heavy atom. The summed E-state index contributed by atoms with van der Waals surface area (Å²) < 4.78 is 30.3. The minimum Gasteiger partial charge on any atom is -0.478 e. The minimum atomic E-state index is -1.44. The molecular weight excluding hydrogens is 624 g/mol. The lowest BCUT2D eigenvalue weighted by atomic mass is 9.22. The molecule has 0 saturated carbocycles. The van der Waals surface area contributed by atoms with Crippen molar-refractivity contribution in [3.8, 4) is 5.75 Å². The van der Waals surface area contributed by atoms with Crippen LogP contribution in [0, 0.1) is 0 Å². The number of nitrogen functional groups attached to an aromatic ring is 1. The van der Waals surface area contributed by atoms with E-state index in [4.69, 9.17) is 29.4 Å². The summed E-state index contributed by atoms with van der Waals surface area (Å²) in [7, 11) is 29.9. The van der Waals surface area contributed by atoms with Gasteiger partial charge in [0, 0.05) is 24.9 Å². The molecule has 11 nitrogen and oxygen atoms in total. The van der Waals surface area contributed by atoms with Crippen molar-refractivity contribution in [1.29, 1.82) is 0 Å². The SMILES string of the molecule is BC(B)(B)C(B)(B)CC(=O)O[C@@H]1[C@@H](OC(=O)CC(B)(B)C(B)(B)B)[C@H](Oc2ccc(N)cc2C(=O)O)OC[C@H]1OC(=O)CC(B)(B)C(B)(B)B. The number of hydrogen-bond acceptors (Lipinski definition) is 10. The van der Waals surface area contributed by atoms with Crippen LogP contribution in [0.5, 0.6) is 5.75 Å². The van der Waals surface area contributed by atoms with E-state index in [9.17, 15) is 24.3 Å². The number of ether oxygens (including phenoxy) is 5. The summed E-state index contributed by atoms with van der Waals surface area (Å²) in [4.78, 5) is 53.0. The van der Waals surface area contributed by atoms with E-state index in [1.54, 1.807) is 0 Å². The van der Waals surface area contributed by atoms with E-state index in [0.29, 0.717) is 0 Å². The number of anilines is 1. The Kier molecular flexibility index (Phi) is 13.8. The molecule has 1 aromatic rings. The van der Waals surface area contributed by atoms with E-state index in [-0.39, 0.29) is 58.2 Å². The maximum Gasteiger partial charge on any atom is 0.339 e. The van der Waals surface area contributed by atoms with Crippen LogP contribution in [0.15, 0.2) is 18.2 Å². The maximum absolute atomic E-state index is 13.7. The molecule has 0 aliphatic carbocycles. The van der Waals surface area contributed by atoms with Crippen molar-refractivity contribution in [3.63, 3.8) is 0 Å². The van der Waals surface area contributed by atoms with Gasteiger partial charge in [0.25, 0.3) is 0 Å². The second-order valence-electron chi connectivity index (χ2n) is 18.7. The first-order chi connectivity index (χ1) is 22.4. The fourth-order valence-electron chi connectivity index (χ4n) is 4.63. The Morgan fingerprint density at radius 1 is 0.680 bits per heavy atom. The minimum absolute atomic E-state index is 0.00987. The molecule has 4 atom stereocenters. The van der Waals surface area contributed by atoms with Crippen molar-refractivity contribution in [1.82, 2.24) is 0 Å². The Labute approximate surface area is 311 Å². The predicted molar refractivity (Wildman–Crippen MR) is 236 cm³/mol. The summed E-state index contributed by atoms with van der Waals surface area (Å²) in [6.45, 7) is -0.286. The number of benzene rings is 1. The number of esters is 3. The lowest BCUT2D eigenvalue weighted by Gasteiger charge is -2.44. The highest BCUT2D eigenvalue weighted by molar-refractivity contribution is 6.68. The fraction of sp³-hybridized carbons (Fsp3) is 0.583. The van der Waals surface area contributed by atoms with Crippen molar-refractivity contribution in [3.05, 3.63) is 23.8 Å². The van der Waals surface area contributed by atoms with Crippen molar-refractivity contribution in [2.75, 3.05) is 12.3 Å². The summed E-state index contributed by atoms with van der Waals surface area (Å²) in [5.41, 5.74) is 5.81. The molecule has 0 spiro atoms. The molecule has 0 aromatic heterocycles. The molecule has 0 bridgehead atoms. The molecule has 1 fully saturated rings. The molecule has 0 amide bonds. The first-order valence-corrected chi connectivity index (χ1v) is 17.4. The molecule has 3 N–H and O–H groups in total. The second-order valence-corrected chi connectivity index (χ2v) is 18.7. The van der Waals surface area contributed by atoms with E-state index in [1.807, 2.05) is 118 Å². The molecule has 1 heterocycles. The second kappa shape index (κ2) is 15.7. The zero-order valence-corrected chi connectivity index (χ0v) is 33.1. The summed E-state index contributed by atoms with van der Waals surface area (Å²) >= 11 is 0. The number of carboxylic acids is 1. The Balaban J connectivity index is 2.64. The van der Waals surface area contributed by atoms with Crippen molar-refractivity contribution < 1.29 is 48.0 Å². The van der Waals surface area contributed by atoms with Crippen LogP contribution in [0.4, 0.5) is 5.69 Å². The molecule has 0 unspecified atom stereocenters. The van der Waals surface area contributed by atoms with Gasteiger partial charge in [-0.05, 0) is 18.2 Å². The number of hydrogen-bond donors (Lipinski definition) is 2. The summed E-state index contributed by atoms with van der Waals surface area (Å²) in [5.74, 6) is -3.17. The van der Waals surface area contributed by atoms with Gasteiger partial charge in [0.1, 0.15) is 11.3 Å². The smallest absolute Gasteiger partial charge is 0.339 e. The van der Waals surface area contributed by atoms with Gasteiger partial charge in [0.15, 0.2) is 12.2 Å². The van der Waals surface area contributed by atoms with Gasteiger partial charge in [-0.25, -0.2) is 4.79 Å². The van der Waals surface area contributed by atoms with Gasteiger partial charge in [0.05, 0.1) is 124 Å². The lowest BCUT2D eigenvalue weighted by Crippen LogP contribution is -2.59. The first kappa shape index (κ1) is 43.8. The highest BCUT2D eigenvalue weighted by atomic mass is 16.7. The fourth-order valence-corrected chi connectivity index (χ4v) is 4.63. The quantitative estimate of drug-likeness (QED) is 0.0789. The molecule has 254 valence electrons. The first-order valence-electron chi connectivity index (χ1n) is 17.4. The lowest BCUT2D eigenvalue weighted by molar-refractivity contribution is -0.261. The van der Waals surface area contributed by atoms with Crippen LogP contribution in [-0.2, 0) is 33.3 Å². The van der Waals surface area contributed by atoms with Gasteiger partial charge in [0.2, 0.25) is 12.4 Å². The number of nitrogens with two attached hydrogens (primary N) is 1. The number of carboxylic acid groups (broad SMARTS) is 1. The zero-order chi connectivity index (χ0) is 38.8. The van der Waals surface area contributed by atoms with Crippen LogP contribution in [0.1, 0.15) is 29.6 Å². The summed E-state index contributed by atoms with van der Waals surface area (Å²) in [5, 5.41) is 7.61. The molecule has 1 saturated heterocycles. The van der Waals surface area contributed by atoms with Crippen molar-refractivity contribution in [2.24, 2.45) is 0 Å². The third kappa shape index (κ3) is 11.3. The highest BCUT2D eigenvalue weighted by Crippen LogP contribution is 2.44. The van der Waals surface area contributed by atoms with Gasteiger partial charge in [-0.15, -0.1) is 15.3 Å². The van der Waals surface area contributed by atoms with Gasteiger partial charge >= 0.3 is 23.9 Å². The van der Waals surface area contributed by atoms with Gasteiger partial charge < -0.3 is 34.5 Å². The van der Waals surface area contributed by atoms with Crippen LogP contribution in [0.2, 0.25) is 31.0 Å². The molecule has 0 radical (unpaired) electrons. The Hall–Kier alpha value is -2.37. The molecule has 26 heteroatoms. The number of rotatable bonds is 15. The monoisotopic (exact) mass is 675 g/mol. The molecule has 1 aliphatic heterocycles. The summed E-state index contributed by atoms with van der Waals surface area (Å²) in [6.07, 6.45) is -5.34. The number of aromatic carboxylic acids is 1. The number of carbonyl (C=O) groups is 4. The normalized spacial score (nSPS) is 20.6. The van der Waals surface area contributed by atoms with Crippen LogP contribution in [0.3, 0.4) is 0 Å². The average molecular weight is 673 g/mol. The molecule has 1 aliphatic rings. The van der Waals surface area contributed by atoms with E-state index >= 15 is 0 Å². The largest absolute Gasteiger partial charge is 0.478 e. The zero-order valence-electron chi connectivity index (χ0n) is 33.1. The van der Waals surface area contributed by atoms with Crippen LogP contribution in [-0.4, -0.2) is 178 Å². The topological polar surface area (TPSA) is 161 Å². The standard InChI is InChI=1S/C24H48B15NO10/c25-19(26,22(31,32)33)4-12(41)47-11-7-46-18(48-10-2-1-8(40)3-9(10)17(44)45)16(50-14(43)6-21(29,30)24(37,38)39)15(11)49-13(42)5-20(27,28)23(34,35)36/h1-3,11,15-16,18H,4-7,25-40H2,(H,44,45)/t11-,15+,16-,18+/m1/s1. The van der Waals surface area contributed by atoms with Crippen molar-refractivity contribution in [2.45, 2.75) is 74.8 Å². The van der Waals surface area contributed by atoms with E-state index in [0.717, 1.165) is 0 Å². The highest BCUT2D eigenvalue weighted by Gasteiger charge is 2.51. The molecule has 1 aromatic carbocycles. The van der Waals surface area contributed by atoms with Gasteiger partial charge in [-0.2, -0.15) is 0 Å². The Bertz CT molecular complexity index is 1430. The van der Waals surface area contributed by atoms with E-state index in [2.05, 4.69) is 0 Å². The average Bonchev–Trinajstić information content (AvgIpc) is 2.89. The van der Waals surface area contributed by atoms with E-state index < -0.39 is 64.1 Å². The maximum atomic E-state index is 13.7. The van der Waals surface area contributed by atoms with Gasteiger partial charge in [-0.1, -0.05) is 15.6 Å². The molecular formula is C24H48B15NO10. The van der Waals surface area contributed by atoms with E-state index in [1.165, 1.54) is 18.2 Å². The molecule has 2 rings (SSSR count). The van der Waals surface area contributed by atoms with Crippen LogP contribution in [0.25, 0.3) is 0 Å². The third-order valence-electron chi connectivity index (χ3n) is 11.5. The number of carbonyl (C=O) groups excluding carboxylic acids is 3. The third-order valence-corrected chi connectivity index (χ3v) is 11.5. The van der Waals surface area contributed by atoms with Crippen LogP contribution >= 0.6 is 0 Å². The van der Waals surface area contributed by atoms with Crippen LogP contribution < -0.4 is 10.5 Å². The molecule has 50 heavy (non-hydrogen) atoms. The van der Waals surface area contributed by atoms with Crippen molar-refractivity contribution >= 4 is 147 Å².